The summed E-state index contributed by atoms with van der Waals surface area (Å²) in [6.07, 6.45) is 0.844. The van der Waals surface area contributed by atoms with Gasteiger partial charge in [-0.1, -0.05) is 18.5 Å². The van der Waals surface area contributed by atoms with Crippen molar-refractivity contribution in [1.82, 2.24) is 20.1 Å². The zero-order valence-electron chi connectivity index (χ0n) is 12.3. The van der Waals surface area contributed by atoms with Gasteiger partial charge in [-0.3, -0.25) is 15.1 Å². The van der Waals surface area contributed by atoms with Gasteiger partial charge in [-0.25, -0.2) is 10.5 Å². The summed E-state index contributed by atoms with van der Waals surface area (Å²) in [7, 11) is 0. The average Bonchev–Trinajstić information content (AvgIpc) is 2.93. The predicted octanol–water partition coefficient (Wildman–Crippen LogP) is 1.51. The number of fused-ring (bicyclic) bond motifs is 1. The van der Waals surface area contributed by atoms with E-state index >= 15 is 0 Å². The zero-order chi connectivity index (χ0) is 15.7. The van der Waals surface area contributed by atoms with Gasteiger partial charge < -0.3 is 0 Å². The lowest BCUT2D eigenvalue weighted by Gasteiger charge is -2.26. The van der Waals surface area contributed by atoms with Crippen molar-refractivity contribution in [2.75, 3.05) is 13.1 Å². The first-order chi connectivity index (χ1) is 10.6. The van der Waals surface area contributed by atoms with E-state index in [1.54, 1.807) is 0 Å². The van der Waals surface area contributed by atoms with Crippen molar-refractivity contribution >= 4 is 17.5 Å². The second-order valence-electron chi connectivity index (χ2n) is 5.25. The summed E-state index contributed by atoms with van der Waals surface area (Å²) in [5.41, 5.74) is 5.48. The molecule has 3 rings (SSSR count). The van der Waals surface area contributed by atoms with E-state index < -0.39 is 0 Å². The average molecular weight is 320 g/mol. The molecule has 0 atom stereocenters. The Hall–Kier alpha value is -1.89. The van der Waals surface area contributed by atoms with Crippen molar-refractivity contribution in [2.24, 2.45) is 5.84 Å². The molecule has 3 N–H and O–H groups in total. The second-order valence-corrected chi connectivity index (χ2v) is 5.69. The first-order valence-corrected chi connectivity index (χ1v) is 7.61. The number of hydrazine groups is 1. The lowest BCUT2D eigenvalue weighted by Crippen LogP contribution is -2.34. The van der Waals surface area contributed by atoms with E-state index in [1.807, 2.05) is 28.9 Å². The molecule has 0 fully saturated rings. The largest absolute Gasteiger partial charge is 0.299 e. The van der Waals surface area contributed by atoms with Gasteiger partial charge in [0.1, 0.15) is 0 Å². The number of rotatable bonds is 3. The number of nitrogens with zero attached hydrogens (tertiary/aromatic N) is 3. The fourth-order valence-electron chi connectivity index (χ4n) is 2.79. The number of benzene rings is 1. The lowest BCUT2D eigenvalue weighted by atomic mass is 10.0. The summed E-state index contributed by atoms with van der Waals surface area (Å²) < 4.78 is 1.82. The number of nitrogens with two attached hydrogens (primary N) is 1. The van der Waals surface area contributed by atoms with Gasteiger partial charge in [-0.2, -0.15) is 5.10 Å². The summed E-state index contributed by atoms with van der Waals surface area (Å²) in [6.45, 7) is 4.71. The highest BCUT2D eigenvalue weighted by atomic mass is 35.5. The van der Waals surface area contributed by atoms with Crippen LogP contribution in [0.2, 0.25) is 5.02 Å². The molecule has 2 heterocycles. The van der Waals surface area contributed by atoms with Crippen molar-refractivity contribution in [3.8, 4) is 5.69 Å². The lowest BCUT2D eigenvalue weighted by molar-refractivity contribution is 0.0946. The number of carbonyl (C=O) groups is 1. The standard InChI is InChI=1S/C15H18ClN5O/c1-2-20-8-7-13-12(9-20)14(15(22)18-17)19-21(13)11-5-3-10(16)4-6-11/h3-6H,2,7-9,17H2,1H3,(H,18,22). The second kappa shape index (κ2) is 6.08. The Balaban J connectivity index is 2.10. The number of aromatic nitrogens is 2. The number of likely N-dealkylation sites (N-methyl/N-ethyl adjacent to an activating group) is 1. The van der Waals surface area contributed by atoms with Crippen LogP contribution in [0.4, 0.5) is 0 Å². The summed E-state index contributed by atoms with van der Waals surface area (Å²) in [6, 6.07) is 7.42. The van der Waals surface area contributed by atoms with Gasteiger partial charge in [0.2, 0.25) is 0 Å². The molecule has 6 nitrogen and oxygen atoms in total. The molecule has 1 aliphatic rings. The number of carbonyl (C=O) groups excluding carboxylic acids is 1. The Labute approximate surface area is 133 Å². The number of hydrogen-bond donors (Lipinski definition) is 2. The number of amides is 1. The fraction of sp³-hybridized carbons (Fsp3) is 0.333. The van der Waals surface area contributed by atoms with Gasteiger partial charge in [-0.05, 0) is 30.8 Å². The summed E-state index contributed by atoms with van der Waals surface area (Å²) in [4.78, 5) is 14.3. The maximum Gasteiger partial charge on any atom is 0.286 e. The summed E-state index contributed by atoms with van der Waals surface area (Å²) >= 11 is 5.94. The molecule has 22 heavy (non-hydrogen) atoms. The maximum atomic E-state index is 12.0. The quantitative estimate of drug-likeness (QED) is 0.511. The van der Waals surface area contributed by atoms with Gasteiger partial charge in [0.15, 0.2) is 5.69 Å². The van der Waals surface area contributed by atoms with Gasteiger partial charge >= 0.3 is 0 Å². The first kappa shape index (κ1) is 15.0. The first-order valence-electron chi connectivity index (χ1n) is 7.24. The molecule has 0 bridgehead atoms. The molecule has 0 saturated heterocycles. The number of hydrogen-bond acceptors (Lipinski definition) is 4. The van der Waals surface area contributed by atoms with Crippen molar-refractivity contribution in [3.05, 3.63) is 46.2 Å². The molecule has 0 aliphatic carbocycles. The van der Waals surface area contributed by atoms with Crippen LogP contribution in [0.25, 0.3) is 5.69 Å². The van der Waals surface area contributed by atoms with E-state index in [2.05, 4.69) is 22.3 Å². The van der Waals surface area contributed by atoms with Crippen LogP contribution in [0.5, 0.6) is 0 Å². The van der Waals surface area contributed by atoms with Gasteiger partial charge in [-0.15, -0.1) is 0 Å². The molecule has 0 spiro atoms. The number of nitrogen functional groups attached to an aromatic ring is 1. The molecule has 1 aromatic carbocycles. The molecule has 0 radical (unpaired) electrons. The molecule has 116 valence electrons. The van der Waals surface area contributed by atoms with Crippen LogP contribution in [-0.2, 0) is 13.0 Å². The third-order valence-electron chi connectivity index (χ3n) is 4.00. The van der Waals surface area contributed by atoms with Gasteiger partial charge in [0, 0.05) is 30.1 Å². The SMILES string of the molecule is CCN1CCc2c(c(C(=O)NN)nn2-c2ccc(Cl)cc2)C1. The molecule has 0 unspecified atom stereocenters. The van der Waals surface area contributed by atoms with Gasteiger partial charge in [0.05, 0.1) is 11.4 Å². The van der Waals surface area contributed by atoms with E-state index in [0.29, 0.717) is 17.3 Å². The highest BCUT2D eigenvalue weighted by Crippen LogP contribution is 2.25. The third kappa shape index (κ3) is 2.61. The molecule has 1 aromatic heterocycles. The van der Waals surface area contributed by atoms with Crippen LogP contribution >= 0.6 is 11.6 Å². The maximum absolute atomic E-state index is 12.0. The van der Waals surface area contributed by atoms with E-state index in [1.165, 1.54) is 0 Å². The van der Waals surface area contributed by atoms with E-state index in [-0.39, 0.29) is 5.91 Å². The molecule has 1 amide bonds. The van der Waals surface area contributed by atoms with Crippen molar-refractivity contribution in [2.45, 2.75) is 19.9 Å². The van der Waals surface area contributed by atoms with Crippen LogP contribution in [-0.4, -0.2) is 33.7 Å². The molecule has 0 saturated carbocycles. The Bertz CT molecular complexity index is 695. The minimum atomic E-state index is -0.359. The molecular weight excluding hydrogens is 302 g/mol. The summed E-state index contributed by atoms with van der Waals surface area (Å²) in [5.74, 6) is 4.93. The predicted molar refractivity (Wildman–Crippen MR) is 84.9 cm³/mol. The minimum Gasteiger partial charge on any atom is -0.299 e. The fourth-order valence-corrected chi connectivity index (χ4v) is 2.92. The normalized spacial score (nSPS) is 14.7. The van der Waals surface area contributed by atoms with E-state index in [9.17, 15) is 4.79 Å². The van der Waals surface area contributed by atoms with E-state index in [4.69, 9.17) is 17.4 Å². The van der Waals surface area contributed by atoms with Crippen LogP contribution < -0.4 is 11.3 Å². The summed E-state index contributed by atoms with van der Waals surface area (Å²) in [5, 5.41) is 5.15. The minimum absolute atomic E-state index is 0.359. The third-order valence-corrected chi connectivity index (χ3v) is 4.25. The van der Waals surface area contributed by atoms with E-state index in [0.717, 1.165) is 36.5 Å². The Morgan fingerprint density at radius 3 is 2.77 bits per heavy atom. The smallest absolute Gasteiger partial charge is 0.286 e. The topological polar surface area (TPSA) is 76.2 Å². The Morgan fingerprint density at radius 2 is 2.14 bits per heavy atom. The zero-order valence-corrected chi connectivity index (χ0v) is 13.1. The van der Waals surface area contributed by atoms with Crippen molar-refractivity contribution in [3.63, 3.8) is 0 Å². The molecule has 2 aromatic rings. The molecule has 7 heteroatoms. The van der Waals surface area contributed by atoms with Crippen LogP contribution in [0.3, 0.4) is 0 Å². The number of nitrogens with one attached hydrogen (secondary N) is 1. The highest BCUT2D eigenvalue weighted by Gasteiger charge is 2.27. The Kier molecular flexibility index (Phi) is 4.15. The Morgan fingerprint density at radius 1 is 1.41 bits per heavy atom. The van der Waals surface area contributed by atoms with Crippen molar-refractivity contribution < 1.29 is 4.79 Å². The molecule has 1 aliphatic heterocycles. The number of halogens is 1. The van der Waals surface area contributed by atoms with Crippen molar-refractivity contribution in [1.29, 1.82) is 0 Å². The van der Waals surface area contributed by atoms with Crippen LogP contribution in [0.1, 0.15) is 28.7 Å². The van der Waals surface area contributed by atoms with Crippen LogP contribution in [0.15, 0.2) is 24.3 Å². The van der Waals surface area contributed by atoms with Gasteiger partial charge in [0.25, 0.3) is 5.91 Å². The molecular formula is C15H18ClN5O. The monoisotopic (exact) mass is 319 g/mol. The van der Waals surface area contributed by atoms with Crippen LogP contribution in [0, 0.1) is 0 Å². The highest BCUT2D eigenvalue weighted by molar-refractivity contribution is 6.30.